The summed E-state index contributed by atoms with van der Waals surface area (Å²) < 4.78 is 0. The molecule has 2 saturated carbocycles. The largest absolute Gasteiger partial charge is 0.123 e. The maximum atomic E-state index is 6.07. The molecule has 0 aliphatic heterocycles. The van der Waals surface area contributed by atoms with Crippen molar-refractivity contribution in [2.45, 2.75) is 29.5 Å². The molecule has 0 nitrogen and oxygen atoms in total. The van der Waals surface area contributed by atoms with Gasteiger partial charge in [0.25, 0.3) is 0 Å². The smallest absolute Gasteiger partial charge is 0.0378 e. The van der Waals surface area contributed by atoms with E-state index >= 15 is 0 Å². The molecule has 2 fully saturated rings. The van der Waals surface area contributed by atoms with E-state index in [2.05, 4.69) is 15.9 Å². The SMILES string of the molecule is Cl[C@@H]1C[C@H]2CC[C@@H]1[C@H]2Br. The van der Waals surface area contributed by atoms with Crippen LogP contribution in [0.2, 0.25) is 0 Å². The minimum atomic E-state index is 0.480. The number of halogens is 2. The van der Waals surface area contributed by atoms with Crippen LogP contribution >= 0.6 is 27.5 Å². The predicted molar refractivity (Wildman–Crippen MR) is 43.2 cm³/mol. The van der Waals surface area contributed by atoms with Gasteiger partial charge in [0.2, 0.25) is 0 Å². The fourth-order valence-corrected chi connectivity index (χ4v) is 3.97. The van der Waals surface area contributed by atoms with E-state index in [0.717, 1.165) is 16.7 Å². The first-order valence-electron chi connectivity index (χ1n) is 3.57. The van der Waals surface area contributed by atoms with Crippen LogP contribution in [-0.4, -0.2) is 10.2 Å². The summed E-state index contributed by atoms with van der Waals surface area (Å²) in [5.41, 5.74) is 0. The number of hydrogen-bond donors (Lipinski definition) is 0. The van der Waals surface area contributed by atoms with Crippen molar-refractivity contribution >= 4 is 27.5 Å². The lowest BCUT2D eigenvalue weighted by Crippen LogP contribution is -2.10. The molecular weight excluding hydrogens is 199 g/mol. The number of rotatable bonds is 0. The normalized spacial score (nSPS) is 56.7. The highest BCUT2D eigenvalue weighted by Gasteiger charge is 2.45. The van der Waals surface area contributed by atoms with Gasteiger partial charge in [-0.15, -0.1) is 11.6 Å². The Kier molecular flexibility index (Phi) is 1.53. The Hall–Kier alpha value is 0.770. The Morgan fingerprint density at radius 1 is 1.33 bits per heavy atom. The van der Waals surface area contributed by atoms with E-state index < -0.39 is 0 Å². The fourth-order valence-electron chi connectivity index (χ4n) is 2.17. The molecule has 0 aromatic heterocycles. The predicted octanol–water partition coefficient (Wildman–Crippen LogP) is 2.79. The Morgan fingerprint density at radius 3 is 2.33 bits per heavy atom. The number of fused-ring (bicyclic) bond motifs is 2. The minimum Gasteiger partial charge on any atom is -0.123 e. The maximum absolute atomic E-state index is 6.07. The van der Waals surface area contributed by atoms with Gasteiger partial charge in [-0.25, -0.2) is 0 Å². The molecule has 9 heavy (non-hydrogen) atoms. The van der Waals surface area contributed by atoms with E-state index in [1.165, 1.54) is 19.3 Å². The van der Waals surface area contributed by atoms with E-state index in [0.29, 0.717) is 5.38 Å². The molecule has 0 spiro atoms. The summed E-state index contributed by atoms with van der Waals surface area (Å²) in [4.78, 5) is 0.750. The van der Waals surface area contributed by atoms with Crippen LogP contribution in [0.5, 0.6) is 0 Å². The third-order valence-electron chi connectivity index (χ3n) is 2.72. The molecule has 2 aliphatic rings. The molecule has 0 radical (unpaired) electrons. The van der Waals surface area contributed by atoms with Crippen LogP contribution in [0.15, 0.2) is 0 Å². The summed E-state index contributed by atoms with van der Waals surface area (Å²) >= 11 is 9.76. The molecule has 0 heterocycles. The second kappa shape index (κ2) is 2.13. The standard InChI is InChI=1S/C7H10BrCl/c8-7-4-1-2-5(7)6(9)3-4/h4-7H,1-3H2/t4-,5+,6-,7+/m1/s1. The molecule has 52 valence electrons. The van der Waals surface area contributed by atoms with Crippen LogP contribution in [0.25, 0.3) is 0 Å². The molecule has 2 heteroatoms. The highest BCUT2D eigenvalue weighted by atomic mass is 79.9. The van der Waals surface area contributed by atoms with Crippen molar-refractivity contribution in [1.82, 2.24) is 0 Å². The van der Waals surface area contributed by atoms with Gasteiger partial charge in [0.05, 0.1) is 0 Å². The zero-order valence-corrected chi connectivity index (χ0v) is 7.53. The van der Waals surface area contributed by atoms with E-state index in [9.17, 15) is 0 Å². The lowest BCUT2D eigenvalue weighted by atomic mass is 10.0. The first-order chi connectivity index (χ1) is 4.29. The van der Waals surface area contributed by atoms with Gasteiger partial charge >= 0.3 is 0 Å². The summed E-state index contributed by atoms with van der Waals surface area (Å²) in [6.45, 7) is 0. The summed E-state index contributed by atoms with van der Waals surface area (Å²) in [7, 11) is 0. The molecule has 0 amide bonds. The van der Waals surface area contributed by atoms with Gasteiger partial charge in [0.15, 0.2) is 0 Å². The lowest BCUT2D eigenvalue weighted by Gasteiger charge is -2.13. The summed E-state index contributed by atoms with van der Waals surface area (Å²) in [6, 6.07) is 0. The molecule has 0 aromatic rings. The first-order valence-corrected chi connectivity index (χ1v) is 4.92. The van der Waals surface area contributed by atoms with Gasteiger partial charge < -0.3 is 0 Å². The third-order valence-corrected chi connectivity index (χ3v) is 4.65. The Bertz CT molecular complexity index is 126. The zero-order chi connectivity index (χ0) is 6.43. The average molecular weight is 210 g/mol. The van der Waals surface area contributed by atoms with Gasteiger partial charge in [-0.1, -0.05) is 15.9 Å². The second-order valence-corrected chi connectivity index (χ2v) is 4.82. The van der Waals surface area contributed by atoms with Crippen LogP contribution in [0.4, 0.5) is 0 Å². The number of hydrogen-bond acceptors (Lipinski definition) is 0. The van der Waals surface area contributed by atoms with Crippen molar-refractivity contribution in [2.75, 3.05) is 0 Å². The van der Waals surface area contributed by atoms with Crippen LogP contribution in [0.1, 0.15) is 19.3 Å². The molecule has 0 N–H and O–H groups in total. The highest BCUT2D eigenvalue weighted by Crippen LogP contribution is 2.50. The Labute approximate surface area is 69.1 Å². The average Bonchev–Trinajstić information content (AvgIpc) is 2.25. The van der Waals surface area contributed by atoms with Crippen molar-refractivity contribution in [1.29, 1.82) is 0 Å². The first kappa shape index (κ1) is 6.48. The quantitative estimate of drug-likeness (QED) is 0.538. The van der Waals surface area contributed by atoms with E-state index in [4.69, 9.17) is 11.6 Å². The van der Waals surface area contributed by atoms with Gasteiger partial charge in [-0.3, -0.25) is 0 Å². The van der Waals surface area contributed by atoms with Crippen LogP contribution < -0.4 is 0 Å². The molecular formula is C7H10BrCl. The topological polar surface area (TPSA) is 0 Å². The van der Waals surface area contributed by atoms with Crippen LogP contribution in [0.3, 0.4) is 0 Å². The lowest BCUT2D eigenvalue weighted by molar-refractivity contribution is 0.487. The molecule has 0 saturated heterocycles. The van der Waals surface area contributed by atoms with Gasteiger partial charge in [-0.2, -0.15) is 0 Å². The Balaban J connectivity index is 2.16. The van der Waals surface area contributed by atoms with Crippen molar-refractivity contribution in [2.24, 2.45) is 11.8 Å². The summed E-state index contributed by atoms with van der Waals surface area (Å²) in [6.07, 6.45) is 4.01. The minimum absolute atomic E-state index is 0.480. The molecule has 0 unspecified atom stereocenters. The fraction of sp³-hybridized carbons (Fsp3) is 1.00. The van der Waals surface area contributed by atoms with Crippen molar-refractivity contribution in [3.8, 4) is 0 Å². The van der Waals surface area contributed by atoms with Gasteiger partial charge in [0, 0.05) is 10.2 Å². The molecule has 2 rings (SSSR count). The molecule has 4 atom stereocenters. The highest BCUT2D eigenvalue weighted by molar-refractivity contribution is 9.09. The zero-order valence-electron chi connectivity index (χ0n) is 5.19. The van der Waals surface area contributed by atoms with Crippen LogP contribution in [0, 0.1) is 11.8 Å². The van der Waals surface area contributed by atoms with E-state index in [-0.39, 0.29) is 0 Å². The van der Waals surface area contributed by atoms with Gasteiger partial charge in [0.1, 0.15) is 0 Å². The van der Waals surface area contributed by atoms with Gasteiger partial charge in [-0.05, 0) is 31.1 Å². The maximum Gasteiger partial charge on any atom is 0.0378 e. The molecule has 2 aliphatic carbocycles. The van der Waals surface area contributed by atoms with Crippen LogP contribution in [-0.2, 0) is 0 Å². The van der Waals surface area contributed by atoms with Crippen molar-refractivity contribution in [3.63, 3.8) is 0 Å². The van der Waals surface area contributed by atoms with Crippen molar-refractivity contribution in [3.05, 3.63) is 0 Å². The second-order valence-electron chi connectivity index (χ2n) is 3.20. The molecule has 2 bridgehead atoms. The summed E-state index contributed by atoms with van der Waals surface area (Å²) in [5.74, 6) is 1.69. The molecule has 0 aromatic carbocycles. The van der Waals surface area contributed by atoms with E-state index in [1.807, 2.05) is 0 Å². The van der Waals surface area contributed by atoms with E-state index in [1.54, 1.807) is 0 Å². The monoisotopic (exact) mass is 208 g/mol. The summed E-state index contributed by atoms with van der Waals surface area (Å²) in [5, 5.41) is 0.480. The van der Waals surface area contributed by atoms with Crippen molar-refractivity contribution < 1.29 is 0 Å². The Morgan fingerprint density at radius 2 is 2.11 bits per heavy atom. The third kappa shape index (κ3) is 0.848. The number of alkyl halides is 2.